The van der Waals surface area contributed by atoms with Gasteiger partial charge in [0.25, 0.3) is 0 Å². The first-order valence-electron chi connectivity index (χ1n) is 3.88. The Kier molecular flexibility index (Phi) is 1.63. The minimum atomic E-state index is 0.326. The molecule has 0 radical (unpaired) electrons. The molecule has 0 spiro atoms. The van der Waals surface area contributed by atoms with Crippen LogP contribution in [0.5, 0.6) is 0 Å². The maximum Gasteiger partial charge on any atom is 0.155 e. The molecule has 2 aromatic rings. The van der Waals surface area contributed by atoms with Crippen molar-refractivity contribution < 1.29 is 0 Å². The number of hydrogen-bond acceptors (Lipinski definition) is 4. The van der Waals surface area contributed by atoms with Gasteiger partial charge in [-0.15, -0.1) is 11.3 Å². The summed E-state index contributed by atoms with van der Waals surface area (Å²) in [6.07, 6.45) is 1.47. The number of thiophene rings is 1. The van der Waals surface area contributed by atoms with E-state index < -0.39 is 0 Å². The summed E-state index contributed by atoms with van der Waals surface area (Å²) in [5.74, 6) is 5.54. The first kappa shape index (κ1) is 8.25. The maximum absolute atomic E-state index is 7.75. The average Bonchev–Trinajstić information content (AvgIpc) is 2.37. The van der Waals surface area contributed by atoms with Crippen LogP contribution < -0.4 is 11.3 Å². The Morgan fingerprint density at radius 1 is 1.54 bits per heavy atom. The van der Waals surface area contributed by atoms with Crippen molar-refractivity contribution >= 4 is 21.6 Å². The second kappa shape index (κ2) is 2.56. The molecule has 2 rings (SSSR count). The highest BCUT2D eigenvalue weighted by atomic mass is 32.1. The van der Waals surface area contributed by atoms with Gasteiger partial charge in [0.2, 0.25) is 0 Å². The van der Waals surface area contributed by atoms with Gasteiger partial charge < -0.3 is 5.84 Å². The molecule has 0 saturated heterocycles. The van der Waals surface area contributed by atoms with Crippen LogP contribution in [0.25, 0.3) is 10.2 Å². The summed E-state index contributed by atoms with van der Waals surface area (Å²) < 4.78 is 1.24. The lowest BCUT2D eigenvalue weighted by Gasteiger charge is -1.98. The van der Waals surface area contributed by atoms with E-state index in [-0.39, 0.29) is 0 Å². The van der Waals surface area contributed by atoms with Gasteiger partial charge in [-0.25, -0.2) is 9.66 Å². The van der Waals surface area contributed by atoms with Crippen LogP contribution >= 0.6 is 11.3 Å². The third kappa shape index (κ3) is 1.04. The van der Waals surface area contributed by atoms with Crippen molar-refractivity contribution in [1.29, 1.82) is 5.41 Å². The maximum atomic E-state index is 7.75. The van der Waals surface area contributed by atoms with Crippen molar-refractivity contribution in [2.45, 2.75) is 13.8 Å². The van der Waals surface area contributed by atoms with Crippen LogP contribution in [-0.2, 0) is 0 Å². The number of rotatable bonds is 0. The molecule has 0 bridgehead atoms. The molecule has 0 fully saturated rings. The fourth-order valence-electron chi connectivity index (χ4n) is 1.28. The minimum Gasteiger partial charge on any atom is -0.336 e. The Balaban J connectivity index is 3.06. The van der Waals surface area contributed by atoms with Crippen molar-refractivity contribution in [3.05, 3.63) is 22.3 Å². The van der Waals surface area contributed by atoms with Crippen molar-refractivity contribution in [1.82, 2.24) is 9.66 Å². The fraction of sp³-hybridized carbons (Fsp3) is 0.250. The summed E-state index contributed by atoms with van der Waals surface area (Å²) in [4.78, 5) is 6.25. The van der Waals surface area contributed by atoms with Gasteiger partial charge in [0.05, 0.1) is 5.39 Å². The Morgan fingerprint density at radius 2 is 2.23 bits per heavy atom. The molecule has 0 unspecified atom stereocenters. The van der Waals surface area contributed by atoms with E-state index in [0.717, 1.165) is 15.8 Å². The number of fused-ring (bicyclic) bond motifs is 1. The van der Waals surface area contributed by atoms with E-state index in [9.17, 15) is 0 Å². The number of nitrogens with zero attached hydrogens (tertiary/aromatic N) is 2. The first-order valence-corrected chi connectivity index (χ1v) is 4.70. The van der Waals surface area contributed by atoms with Crippen LogP contribution in [0.15, 0.2) is 6.33 Å². The molecule has 0 aliphatic rings. The minimum absolute atomic E-state index is 0.326. The zero-order chi connectivity index (χ0) is 9.59. The topological polar surface area (TPSA) is 67.7 Å². The summed E-state index contributed by atoms with van der Waals surface area (Å²) in [6.45, 7) is 4.02. The molecule has 2 aromatic heterocycles. The van der Waals surface area contributed by atoms with E-state index in [0.29, 0.717) is 5.49 Å². The number of nitrogen functional groups attached to an aromatic ring is 1. The third-order valence-corrected chi connectivity index (χ3v) is 3.28. The Bertz CT molecular complexity index is 523. The summed E-state index contributed by atoms with van der Waals surface area (Å²) in [5, 5.41) is 8.62. The molecule has 2 heterocycles. The molecular weight excluding hydrogens is 184 g/mol. The smallest absolute Gasteiger partial charge is 0.155 e. The first-order chi connectivity index (χ1) is 6.11. The van der Waals surface area contributed by atoms with Crippen LogP contribution in [-0.4, -0.2) is 9.66 Å². The van der Waals surface area contributed by atoms with E-state index in [1.807, 2.05) is 13.8 Å². The Morgan fingerprint density at radius 3 is 2.92 bits per heavy atom. The molecule has 3 N–H and O–H groups in total. The lowest BCUT2D eigenvalue weighted by atomic mass is 10.2. The van der Waals surface area contributed by atoms with Gasteiger partial charge in [-0.1, -0.05) is 0 Å². The van der Waals surface area contributed by atoms with Gasteiger partial charge in [-0.2, -0.15) is 0 Å². The van der Waals surface area contributed by atoms with Crippen molar-refractivity contribution in [3.63, 3.8) is 0 Å². The number of aromatic nitrogens is 2. The lowest BCUT2D eigenvalue weighted by Crippen LogP contribution is -2.27. The van der Waals surface area contributed by atoms with Crippen LogP contribution in [0.3, 0.4) is 0 Å². The molecule has 0 saturated carbocycles. The van der Waals surface area contributed by atoms with Crippen molar-refractivity contribution in [3.8, 4) is 0 Å². The van der Waals surface area contributed by atoms with E-state index in [2.05, 4.69) is 4.98 Å². The van der Waals surface area contributed by atoms with Crippen LogP contribution in [0.1, 0.15) is 10.4 Å². The van der Waals surface area contributed by atoms with E-state index in [1.54, 1.807) is 11.3 Å². The van der Waals surface area contributed by atoms with Crippen molar-refractivity contribution in [2.75, 3.05) is 5.84 Å². The summed E-state index contributed by atoms with van der Waals surface area (Å²) in [7, 11) is 0. The Hall–Kier alpha value is -1.36. The quantitative estimate of drug-likeness (QED) is 0.612. The zero-order valence-corrected chi connectivity index (χ0v) is 8.27. The molecular formula is C8H10N4S. The predicted molar refractivity (Wildman–Crippen MR) is 53.1 cm³/mol. The van der Waals surface area contributed by atoms with Crippen LogP contribution in [0.2, 0.25) is 0 Å². The van der Waals surface area contributed by atoms with E-state index in [1.165, 1.54) is 15.9 Å². The third-order valence-electron chi connectivity index (χ3n) is 2.16. The van der Waals surface area contributed by atoms with Crippen LogP contribution in [0.4, 0.5) is 0 Å². The number of aryl methyl sites for hydroxylation is 2. The van der Waals surface area contributed by atoms with Gasteiger partial charge in [0.1, 0.15) is 11.2 Å². The fourth-order valence-corrected chi connectivity index (χ4v) is 2.28. The molecule has 5 heteroatoms. The largest absolute Gasteiger partial charge is 0.336 e. The average molecular weight is 194 g/mol. The summed E-state index contributed by atoms with van der Waals surface area (Å²) in [5.41, 5.74) is 1.43. The van der Waals surface area contributed by atoms with Crippen LogP contribution in [0, 0.1) is 19.3 Å². The Labute approximate surface area is 79.1 Å². The van der Waals surface area contributed by atoms with Gasteiger partial charge in [-0.3, -0.25) is 5.41 Å². The highest BCUT2D eigenvalue weighted by Crippen LogP contribution is 2.24. The number of nitrogens with one attached hydrogen (secondary N) is 1. The van der Waals surface area contributed by atoms with Gasteiger partial charge in [-0.05, 0) is 19.4 Å². The highest BCUT2D eigenvalue weighted by Gasteiger charge is 2.08. The molecule has 68 valence electrons. The summed E-state index contributed by atoms with van der Waals surface area (Å²) in [6, 6.07) is 0. The molecule has 0 amide bonds. The molecule has 4 nitrogen and oxygen atoms in total. The zero-order valence-electron chi connectivity index (χ0n) is 7.46. The molecule has 0 aliphatic heterocycles. The SMILES string of the molecule is Cc1sc2ncn(N)c(=N)c2c1C. The number of hydrogen-bond donors (Lipinski definition) is 2. The number of nitrogens with two attached hydrogens (primary N) is 1. The van der Waals surface area contributed by atoms with Gasteiger partial charge >= 0.3 is 0 Å². The molecule has 0 aromatic carbocycles. The standard InChI is InChI=1S/C8H10N4S/c1-4-5(2)13-8-6(4)7(9)12(10)3-11-8/h3,9H,10H2,1-2H3. The van der Waals surface area contributed by atoms with Gasteiger partial charge in [0, 0.05) is 4.88 Å². The second-order valence-corrected chi connectivity index (χ2v) is 4.17. The summed E-state index contributed by atoms with van der Waals surface area (Å²) >= 11 is 1.60. The normalized spacial score (nSPS) is 10.9. The van der Waals surface area contributed by atoms with Gasteiger partial charge in [0.15, 0.2) is 5.49 Å². The molecule has 0 atom stereocenters. The molecule has 0 aliphatic carbocycles. The van der Waals surface area contributed by atoms with Crippen molar-refractivity contribution in [2.24, 2.45) is 0 Å². The lowest BCUT2D eigenvalue weighted by molar-refractivity contribution is 0.868. The van der Waals surface area contributed by atoms with E-state index in [4.69, 9.17) is 11.3 Å². The highest BCUT2D eigenvalue weighted by molar-refractivity contribution is 7.18. The van der Waals surface area contributed by atoms with E-state index >= 15 is 0 Å². The monoisotopic (exact) mass is 194 g/mol. The second-order valence-electron chi connectivity index (χ2n) is 2.96. The molecule has 13 heavy (non-hydrogen) atoms. The predicted octanol–water partition coefficient (Wildman–Crippen LogP) is 0.908.